The lowest BCUT2D eigenvalue weighted by molar-refractivity contribution is 1.19. The lowest BCUT2D eigenvalue weighted by Gasteiger charge is -2.08. The highest BCUT2D eigenvalue weighted by Gasteiger charge is 2.09. The number of rotatable bonds is 5. The number of anilines is 1. The van der Waals surface area contributed by atoms with E-state index >= 15 is 0 Å². The van der Waals surface area contributed by atoms with Gasteiger partial charge in [-0.05, 0) is 53.4 Å². The van der Waals surface area contributed by atoms with Gasteiger partial charge in [-0.3, -0.25) is 0 Å². The van der Waals surface area contributed by atoms with E-state index in [-0.39, 0.29) is 0 Å². The molecule has 0 fully saturated rings. The first-order valence-corrected chi connectivity index (χ1v) is 9.04. The summed E-state index contributed by atoms with van der Waals surface area (Å²) in [6.07, 6.45) is 0.818. The summed E-state index contributed by atoms with van der Waals surface area (Å²) in [7, 11) is 0. The molecule has 3 nitrogen and oxygen atoms in total. The molecule has 0 heterocycles. The second-order valence-corrected chi connectivity index (χ2v) is 7.00. The fourth-order valence-electron chi connectivity index (χ4n) is 2.64. The third kappa shape index (κ3) is 4.47. The van der Waals surface area contributed by atoms with Crippen LogP contribution in [0.25, 0.3) is 5.57 Å². The molecule has 0 aliphatic rings. The van der Waals surface area contributed by atoms with Gasteiger partial charge in [0.2, 0.25) is 0 Å². The van der Waals surface area contributed by atoms with E-state index in [0.29, 0.717) is 16.3 Å². The number of nitriles is 1. The lowest BCUT2D eigenvalue weighted by Crippen LogP contribution is -1.98. The van der Waals surface area contributed by atoms with Crippen LogP contribution in [0, 0.1) is 11.3 Å². The van der Waals surface area contributed by atoms with Crippen LogP contribution in [0.4, 0.5) is 5.69 Å². The Morgan fingerprint density at radius 3 is 2.27 bits per heavy atom. The number of nitrogens with two attached hydrogens (primary N) is 2. The summed E-state index contributed by atoms with van der Waals surface area (Å²) in [6.45, 7) is 0. The molecule has 0 aromatic heterocycles. The standard InChI is InChI=1S/C22H19N3S/c23-15-21(22(25)26-20-11-9-19(24)10-12-20)18-8-4-7-17(14-18)13-16-5-2-1-3-6-16/h1-12,14H,13,24-25H2/b22-21+. The predicted molar refractivity (Wildman–Crippen MR) is 109 cm³/mol. The van der Waals surface area contributed by atoms with Gasteiger partial charge in [0.05, 0.1) is 10.6 Å². The molecule has 0 aliphatic heterocycles. The Morgan fingerprint density at radius 1 is 0.885 bits per heavy atom. The molecule has 4 heteroatoms. The fourth-order valence-corrected chi connectivity index (χ4v) is 3.44. The van der Waals surface area contributed by atoms with Gasteiger partial charge < -0.3 is 11.5 Å². The van der Waals surface area contributed by atoms with Crippen LogP contribution in [0.2, 0.25) is 0 Å². The van der Waals surface area contributed by atoms with Crippen LogP contribution in [0.5, 0.6) is 0 Å². The minimum absolute atomic E-state index is 0.481. The van der Waals surface area contributed by atoms with Crippen molar-refractivity contribution in [2.24, 2.45) is 5.73 Å². The van der Waals surface area contributed by atoms with Crippen LogP contribution in [-0.2, 0) is 6.42 Å². The van der Waals surface area contributed by atoms with E-state index in [1.54, 1.807) is 0 Å². The average Bonchev–Trinajstić information content (AvgIpc) is 2.65. The second kappa shape index (κ2) is 8.28. The van der Waals surface area contributed by atoms with Gasteiger partial charge in [0, 0.05) is 10.6 Å². The number of benzene rings is 3. The Balaban J connectivity index is 1.86. The number of nitrogen functional groups attached to an aromatic ring is 1. The van der Waals surface area contributed by atoms with Crippen molar-refractivity contribution in [3.63, 3.8) is 0 Å². The van der Waals surface area contributed by atoms with Crippen molar-refractivity contribution >= 4 is 23.0 Å². The maximum absolute atomic E-state index is 9.63. The number of thioether (sulfide) groups is 1. The van der Waals surface area contributed by atoms with Crippen molar-refractivity contribution in [2.75, 3.05) is 5.73 Å². The Kier molecular flexibility index (Phi) is 5.62. The molecular formula is C22H19N3S. The quantitative estimate of drug-likeness (QED) is 0.390. The molecule has 0 bridgehead atoms. The van der Waals surface area contributed by atoms with E-state index in [2.05, 4.69) is 24.3 Å². The maximum Gasteiger partial charge on any atom is 0.103 e. The summed E-state index contributed by atoms with van der Waals surface area (Å²) >= 11 is 1.37. The van der Waals surface area contributed by atoms with E-state index < -0.39 is 0 Å². The van der Waals surface area contributed by atoms with Crippen molar-refractivity contribution in [3.05, 3.63) is 101 Å². The molecule has 0 spiro atoms. The van der Waals surface area contributed by atoms with Gasteiger partial charge in [-0.2, -0.15) is 5.26 Å². The maximum atomic E-state index is 9.63. The van der Waals surface area contributed by atoms with Gasteiger partial charge in [-0.25, -0.2) is 0 Å². The molecule has 3 aromatic rings. The van der Waals surface area contributed by atoms with E-state index in [9.17, 15) is 5.26 Å². The topological polar surface area (TPSA) is 75.8 Å². The fraction of sp³-hybridized carbons (Fsp3) is 0.0455. The molecule has 26 heavy (non-hydrogen) atoms. The molecule has 0 amide bonds. The normalized spacial score (nSPS) is 11.5. The zero-order chi connectivity index (χ0) is 18.4. The molecule has 4 N–H and O–H groups in total. The highest BCUT2D eigenvalue weighted by molar-refractivity contribution is 8.03. The van der Waals surface area contributed by atoms with Crippen molar-refractivity contribution in [1.82, 2.24) is 0 Å². The van der Waals surface area contributed by atoms with Gasteiger partial charge in [0.1, 0.15) is 6.07 Å². The van der Waals surface area contributed by atoms with E-state index in [4.69, 9.17) is 11.5 Å². The molecular weight excluding hydrogens is 338 g/mol. The summed E-state index contributed by atoms with van der Waals surface area (Å²) in [5.41, 5.74) is 16.3. The Labute approximate surface area is 158 Å². The summed E-state index contributed by atoms with van der Waals surface area (Å²) in [6, 6.07) is 27.9. The first-order chi connectivity index (χ1) is 12.7. The highest BCUT2D eigenvalue weighted by atomic mass is 32.2. The number of hydrogen-bond acceptors (Lipinski definition) is 4. The Bertz CT molecular complexity index is 955. The summed E-state index contributed by atoms with van der Waals surface area (Å²) < 4.78 is 0. The van der Waals surface area contributed by atoms with Crippen molar-refractivity contribution in [3.8, 4) is 6.07 Å². The van der Waals surface area contributed by atoms with Gasteiger partial charge in [-0.1, -0.05) is 60.3 Å². The highest BCUT2D eigenvalue weighted by Crippen LogP contribution is 2.30. The molecule has 0 aliphatic carbocycles. The van der Waals surface area contributed by atoms with Gasteiger partial charge in [0.15, 0.2) is 0 Å². The molecule has 128 valence electrons. The van der Waals surface area contributed by atoms with Crippen LogP contribution in [-0.4, -0.2) is 0 Å². The van der Waals surface area contributed by atoms with Crippen LogP contribution < -0.4 is 11.5 Å². The van der Waals surface area contributed by atoms with Crippen molar-refractivity contribution in [1.29, 1.82) is 5.26 Å². The molecule has 0 saturated carbocycles. The van der Waals surface area contributed by atoms with E-state index in [1.807, 2.05) is 60.7 Å². The minimum Gasteiger partial charge on any atom is -0.399 e. The lowest BCUT2D eigenvalue weighted by atomic mass is 10.00. The SMILES string of the molecule is N#C/C(=C(/N)Sc1ccc(N)cc1)c1cccc(Cc2ccccc2)c1. The van der Waals surface area contributed by atoms with Crippen LogP contribution >= 0.6 is 11.8 Å². The molecule has 3 aromatic carbocycles. The Hall–Kier alpha value is -3.16. The average molecular weight is 357 g/mol. The largest absolute Gasteiger partial charge is 0.399 e. The molecule has 3 rings (SSSR count). The second-order valence-electron chi connectivity index (χ2n) is 5.88. The smallest absolute Gasteiger partial charge is 0.103 e. The van der Waals surface area contributed by atoms with Crippen molar-refractivity contribution < 1.29 is 0 Å². The van der Waals surface area contributed by atoms with Gasteiger partial charge in [0.25, 0.3) is 0 Å². The Morgan fingerprint density at radius 2 is 1.58 bits per heavy atom. The zero-order valence-electron chi connectivity index (χ0n) is 14.2. The van der Waals surface area contributed by atoms with Crippen LogP contribution in [0.15, 0.2) is 88.8 Å². The number of allylic oxidation sites excluding steroid dienone is 1. The number of nitrogens with zero attached hydrogens (tertiary/aromatic N) is 1. The summed E-state index contributed by atoms with van der Waals surface area (Å²) in [5, 5.41) is 10.1. The van der Waals surface area contributed by atoms with E-state index in [1.165, 1.54) is 17.3 Å². The molecule has 0 radical (unpaired) electrons. The molecule has 0 saturated heterocycles. The van der Waals surface area contributed by atoms with Crippen LogP contribution in [0.1, 0.15) is 16.7 Å². The molecule has 0 unspecified atom stereocenters. The van der Waals surface area contributed by atoms with Gasteiger partial charge >= 0.3 is 0 Å². The predicted octanol–water partition coefficient (Wildman–Crippen LogP) is 4.80. The zero-order valence-corrected chi connectivity index (χ0v) is 15.0. The van der Waals surface area contributed by atoms with E-state index in [0.717, 1.165) is 22.4 Å². The first kappa shape index (κ1) is 17.7. The van der Waals surface area contributed by atoms with Crippen molar-refractivity contribution in [2.45, 2.75) is 11.3 Å². The monoisotopic (exact) mass is 357 g/mol. The van der Waals surface area contributed by atoms with Gasteiger partial charge in [-0.15, -0.1) is 0 Å². The minimum atomic E-state index is 0.481. The molecule has 0 atom stereocenters. The summed E-state index contributed by atoms with van der Waals surface area (Å²) in [5.74, 6) is 0. The third-order valence-corrected chi connectivity index (χ3v) is 4.86. The first-order valence-electron chi connectivity index (χ1n) is 8.22. The third-order valence-electron chi connectivity index (χ3n) is 3.93. The van der Waals surface area contributed by atoms with Crippen LogP contribution in [0.3, 0.4) is 0 Å². The summed E-state index contributed by atoms with van der Waals surface area (Å²) in [4.78, 5) is 0.949. The number of hydrogen-bond donors (Lipinski definition) is 2.